The Morgan fingerprint density at radius 2 is 1.60 bits per heavy atom. The van der Waals surface area contributed by atoms with Gasteiger partial charge in [0.15, 0.2) is 0 Å². The van der Waals surface area contributed by atoms with Crippen LogP contribution in [0.5, 0.6) is 0 Å². The highest BCUT2D eigenvalue weighted by atomic mass is 35.5. The first-order chi connectivity index (χ1) is 26.6. The zero-order valence-corrected chi connectivity index (χ0v) is 31.3. The van der Waals surface area contributed by atoms with E-state index in [1.165, 1.54) is 0 Å². The number of carbonyl (C=O) groups is 5. The van der Waals surface area contributed by atoms with E-state index in [0.717, 1.165) is 73.3 Å². The molecule has 5 aliphatic rings. The van der Waals surface area contributed by atoms with Crippen LogP contribution < -0.4 is 15.5 Å². The van der Waals surface area contributed by atoms with Crippen LogP contribution in [-0.4, -0.2) is 98.5 Å². The van der Waals surface area contributed by atoms with Gasteiger partial charge >= 0.3 is 0 Å². The van der Waals surface area contributed by atoms with Crippen LogP contribution in [0.1, 0.15) is 99.4 Å². The van der Waals surface area contributed by atoms with Gasteiger partial charge in [0.1, 0.15) is 11.9 Å². The molecule has 4 aliphatic heterocycles. The average Bonchev–Trinajstić information content (AvgIpc) is 3.71. The first-order valence-electron chi connectivity index (χ1n) is 18.9. The van der Waals surface area contributed by atoms with Crippen LogP contribution in [0.2, 0.25) is 5.02 Å². The molecular weight excluding hydrogens is 722 g/mol. The quantitative estimate of drug-likeness (QED) is 0.252. The summed E-state index contributed by atoms with van der Waals surface area (Å²) in [7, 11) is 2.05. The minimum atomic E-state index is -0.969. The summed E-state index contributed by atoms with van der Waals surface area (Å²) in [5.74, 6) is -1.44. The average molecular weight is 764 g/mol. The smallest absolute Gasteiger partial charge is 0.262 e. The zero-order chi connectivity index (χ0) is 38.4. The van der Waals surface area contributed by atoms with Gasteiger partial charge in [0.2, 0.25) is 17.5 Å². The summed E-state index contributed by atoms with van der Waals surface area (Å²) in [6.07, 6.45) is 8.94. The van der Waals surface area contributed by atoms with E-state index in [1.54, 1.807) is 18.5 Å². The number of piperidine rings is 2. The van der Waals surface area contributed by atoms with E-state index >= 15 is 0 Å². The maximum atomic E-state index is 13.3. The number of rotatable bonds is 8. The maximum absolute atomic E-state index is 13.3. The molecule has 14 nitrogen and oxygen atoms in total. The summed E-state index contributed by atoms with van der Waals surface area (Å²) < 4.78 is 0. The van der Waals surface area contributed by atoms with Gasteiger partial charge in [-0.1, -0.05) is 17.7 Å². The van der Waals surface area contributed by atoms with Crippen molar-refractivity contribution in [3.8, 4) is 0 Å². The monoisotopic (exact) mass is 763 g/mol. The number of hydrogen-bond donors (Lipinski definition) is 2. The molecule has 0 bridgehead atoms. The molecule has 0 spiro atoms. The van der Waals surface area contributed by atoms with E-state index in [-0.39, 0.29) is 24.8 Å². The van der Waals surface area contributed by atoms with E-state index in [4.69, 9.17) is 18.2 Å². The number of anilines is 1. The molecular formula is C40H42ClN9O5. The molecule has 15 heteroatoms. The molecule has 2 saturated heterocycles. The normalized spacial score (nSPS) is 23.3. The van der Waals surface area contributed by atoms with E-state index in [1.807, 2.05) is 31.3 Å². The second-order valence-electron chi connectivity index (χ2n) is 15.3. The molecule has 5 amide bonds. The number of nitrogens with zero attached hydrogens (tertiary/aromatic N) is 7. The van der Waals surface area contributed by atoms with Crippen LogP contribution in [0.3, 0.4) is 0 Å². The third-order valence-corrected chi connectivity index (χ3v) is 12.3. The predicted octanol–water partition coefficient (Wildman–Crippen LogP) is 4.24. The standard InChI is InChI=1S/C40H42ClN9O5/c1-42-33-8-7-29(17-32(33)41)47(2)27-5-3-26(4-6-27)45-37(52)25-18-43-35(44-19-25)22-48-13-11-28(12-14-48)49-20-23-15-30-31(16-24(23)21-49)40(55)50(39(30)54)34-9-10-36(51)46-38(34)53/h7-8,15-19,26-28,34H,3-6,9-14,20-22H2,2H3,(H,45,52)(H,46,51,53). The minimum Gasteiger partial charge on any atom is -0.372 e. The Labute approximate surface area is 324 Å². The summed E-state index contributed by atoms with van der Waals surface area (Å²) in [5.41, 5.74) is 4.58. The summed E-state index contributed by atoms with van der Waals surface area (Å²) in [4.78, 5) is 84.2. The number of hydrogen-bond acceptors (Lipinski definition) is 10. The van der Waals surface area contributed by atoms with Crippen molar-refractivity contribution in [3.63, 3.8) is 0 Å². The fourth-order valence-electron chi connectivity index (χ4n) is 8.74. The van der Waals surface area contributed by atoms with E-state index < -0.39 is 29.7 Å². The molecule has 1 aromatic heterocycles. The largest absolute Gasteiger partial charge is 0.372 e. The van der Waals surface area contributed by atoms with Gasteiger partial charge in [0.25, 0.3) is 17.7 Å². The van der Waals surface area contributed by atoms with E-state index in [2.05, 4.69) is 40.1 Å². The minimum absolute atomic E-state index is 0.0795. The van der Waals surface area contributed by atoms with Crippen LogP contribution in [0.15, 0.2) is 42.7 Å². The second kappa shape index (κ2) is 15.1. The molecule has 1 atom stereocenters. The molecule has 3 fully saturated rings. The Balaban J connectivity index is 0.784. The van der Waals surface area contributed by atoms with Gasteiger partial charge in [-0.25, -0.2) is 14.8 Å². The highest BCUT2D eigenvalue weighted by molar-refractivity contribution is 6.33. The van der Waals surface area contributed by atoms with Crippen LogP contribution in [0, 0.1) is 6.57 Å². The van der Waals surface area contributed by atoms with Gasteiger partial charge in [-0.15, -0.1) is 0 Å². The Kier molecular flexibility index (Phi) is 10.1. The number of carbonyl (C=O) groups excluding carboxylic acids is 5. The number of likely N-dealkylation sites (tertiary alicyclic amines) is 1. The number of imide groups is 2. The first-order valence-corrected chi connectivity index (χ1v) is 19.3. The molecule has 55 heavy (non-hydrogen) atoms. The van der Waals surface area contributed by atoms with Gasteiger partial charge in [-0.3, -0.25) is 44.0 Å². The lowest BCUT2D eigenvalue weighted by atomic mass is 9.90. The van der Waals surface area contributed by atoms with Crippen molar-refractivity contribution in [2.24, 2.45) is 0 Å². The molecule has 1 aliphatic carbocycles. The van der Waals surface area contributed by atoms with Crippen LogP contribution in [0.4, 0.5) is 11.4 Å². The summed E-state index contributed by atoms with van der Waals surface area (Å²) >= 11 is 6.26. The topological polar surface area (TPSA) is 153 Å². The number of fused-ring (bicyclic) bond motifs is 2. The van der Waals surface area contributed by atoms with Crippen LogP contribution in [-0.2, 0) is 29.2 Å². The lowest BCUT2D eigenvalue weighted by Gasteiger charge is -2.36. The number of amides is 5. The third kappa shape index (κ3) is 7.31. The molecule has 3 aromatic rings. The SMILES string of the molecule is [C-]#[N+]c1ccc(N(C)C2CCC(NC(=O)c3cnc(CN4CCC(N5Cc6cc7c(cc6C5)C(=O)N(C5CCC(=O)NC5=O)C7=O)CC4)nc3)CC2)cc1Cl. The Hall–Kier alpha value is -5.23. The molecule has 2 N–H and O–H groups in total. The van der Waals surface area contributed by atoms with Crippen LogP contribution >= 0.6 is 11.6 Å². The number of aromatic nitrogens is 2. The van der Waals surface area contributed by atoms with Crippen molar-refractivity contribution >= 4 is 52.5 Å². The summed E-state index contributed by atoms with van der Waals surface area (Å²) in [6.45, 7) is 10.9. The lowest BCUT2D eigenvalue weighted by Crippen LogP contribution is -2.54. The fourth-order valence-corrected chi connectivity index (χ4v) is 8.96. The Morgan fingerprint density at radius 1 is 0.945 bits per heavy atom. The lowest BCUT2D eigenvalue weighted by molar-refractivity contribution is -0.136. The van der Waals surface area contributed by atoms with Gasteiger partial charge in [0.05, 0.1) is 29.8 Å². The highest BCUT2D eigenvalue weighted by Gasteiger charge is 2.45. The number of nitrogens with one attached hydrogen (secondary N) is 2. The highest BCUT2D eigenvalue weighted by Crippen LogP contribution is 2.36. The predicted molar refractivity (Wildman–Crippen MR) is 202 cm³/mol. The maximum Gasteiger partial charge on any atom is 0.262 e. The second-order valence-corrected chi connectivity index (χ2v) is 15.7. The van der Waals surface area contributed by atoms with Gasteiger partial charge in [-0.2, -0.15) is 0 Å². The van der Waals surface area contributed by atoms with Crippen molar-refractivity contribution in [2.45, 2.75) is 95.2 Å². The molecule has 284 valence electrons. The van der Waals surface area contributed by atoms with Gasteiger partial charge < -0.3 is 10.2 Å². The Morgan fingerprint density at radius 3 is 2.20 bits per heavy atom. The van der Waals surface area contributed by atoms with Crippen molar-refractivity contribution in [1.29, 1.82) is 0 Å². The van der Waals surface area contributed by atoms with E-state index in [0.29, 0.717) is 64.9 Å². The van der Waals surface area contributed by atoms with Crippen LogP contribution in [0.25, 0.3) is 4.85 Å². The molecule has 0 radical (unpaired) electrons. The van der Waals surface area contributed by atoms with Crippen molar-refractivity contribution in [1.82, 2.24) is 35.3 Å². The Bertz CT molecular complexity index is 2060. The molecule has 5 heterocycles. The fraction of sp³-hybridized carbons (Fsp3) is 0.450. The van der Waals surface area contributed by atoms with Crippen molar-refractivity contribution < 1.29 is 24.0 Å². The molecule has 8 rings (SSSR count). The van der Waals surface area contributed by atoms with Crippen molar-refractivity contribution in [3.05, 3.63) is 92.8 Å². The van der Waals surface area contributed by atoms with E-state index in [9.17, 15) is 24.0 Å². The molecule has 2 aromatic carbocycles. The van der Waals surface area contributed by atoms with Gasteiger partial charge in [-0.05, 0) is 80.3 Å². The van der Waals surface area contributed by atoms with Gasteiger partial charge in [0, 0.05) is 80.9 Å². The summed E-state index contributed by atoms with van der Waals surface area (Å²) in [5, 5.41) is 5.87. The molecule has 1 saturated carbocycles. The first kappa shape index (κ1) is 36.7. The zero-order valence-electron chi connectivity index (χ0n) is 30.6. The van der Waals surface area contributed by atoms with Crippen molar-refractivity contribution in [2.75, 3.05) is 25.0 Å². The number of halogens is 1. The summed E-state index contributed by atoms with van der Waals surface area (Å²) in [6, 6.07) is 8.93. The number of benzene rings is 2. The molecule has 1 unspecified atom stereocenters. The third-order valence-electron chi connectivity index (χ3n) is 12.0.